The van der Waals surface area contributed by atoms with Gasteiger partial charge in [0.1, 0.15) is 0 Å². The minimum atomic E-state index is 0. The minimum Gasteiger partial charge on any atom is -1.00 e. The third kappa shape index (κ3) is 11.7. The van der Waals surface area contributed by atoms with E-state index in [0.29, 0.717) is 15.8 Å². The SMILES string of the molecule is C[As]C.[Br-]. The fourth-order valence-electron chi connectivity index (χ4n) is 0. The molecule has 0 amide bonds. The maximum absolute atomic E-state index is 2.22. The van der Waals surface area contributed by atoms with Gasteiger partial charge in [0.05, 0.1) is 0 Å². The van der Waals surface area contributed by atoms with Crippen LogP contribution in [-0.2, 0) is 0 Å². The maximum atomic E-state index is 2.22. The molecule has 0 nitrogen and oxygen atoms in total. The Morgan fingerprint density at radius 3 is 1.25 bits per heavy atom. The van der Waals surface area contributed by atoms with Crippen molar-refractivity contribution in [1.82, 2.24) is 0 Å². The van der Waals surface area contributed by atoms with Gasteiger partial charge >= 0.3 is 27.2 Å². The van der Waals surface area contributed by atoms with Gasteiger partial charge in [0.2, 0.25) is 0 Å². The van der Waals surface area contributed by atoms with Gasteiger partial charge in [-0.15, -0.1) is 0 Å². The van der Waals surface area contributed by atoms with E-state index in [1.165, 1.54) is 0 Å². The Morgan fingerprint density at radius 2 is 1.25 bits per heavy atom. The standard InChI is InChI=1S/C2H6As.BrH/c1-3-2;/h1-2H3;1H/p-1. The number of rotatable bonds is 0. The van der Waals surface area contributed by atoms with Crippen molar-refractivity contribution in [2.45, 2.75) is 11.4 Å². The molecule has 0 saturated carbocycles. The molecule has 2 heteroatoms. The molecule has 0 unspecified atom stereocenters. The van der Waals surface area contributed by atoms with E-state index in [1.807, 2.05) is 0 Å². The van der Waals surface area contributed by atoms with Gasteiger partial charge in [0, 0.05) is 0 Å². The second-order valence-electron chi connectivity index (χ2n) is 0.447. The molecule has 0 aromatic rings. The van der Waals surface area contributed by atoms with Crippen LogP contribution in [0, 0.1) is 0 Å². The normalized spacial score (nSPS) is 4.50. The zero-order valence-corrected chi connectivity index (χ0v) is 6.29. The molecule has 0 bridgehead atoms. The van der Waals surface area contributed by atoms with Crippen LogP contribution in [0.4, 0.5) is 0 Å². The van der Waals surface area contributed by atoms with E-state index >= 15 is 0 Å². The molecule has 0 N–H and O–H groups in total. The van der Waals surface area contributed by atoms with E-state index < -0.39 is 0 Å². The summed E-state index contributed by atoms with van der Waals surface area (Å²) in [7, 11) is 0. The summed E-state index contributed by atoms with van der Waals surface area (Å²) in [4.78, 5) is 0. The van der Waals surface area contributed by atoms with Gasteiger partial charge in [-0.25, -0.2) is 0 Å². The van der Waals surface area contributed by atoms with E-state index in [1.54, 1.807) is 0 Å². The number of hydrogen-bond acceptors (Lipinski definition) is 0. The summed E-state index contributed by atoms with van der Waals surface area (Å²) in [6, 6.07) is 0. The van der Waals surface area contributed by atoms with Gasteiger partial charge in [0.15, 0.2) is 0 Å². The van der Waals surface area contributed by atoms with E-state index in [-0.39, 0.29) is 17.0 Å². The molecule has 4 heavy (non-hydrogen) atoms. The number of halogens is 1. The van der Waals surface area contributed by atoms with Crippen LogP contribution in [0.5, 0.6) is 0 Å². The first kappa shape index (κ1) is 8.90. The number of hydrogen-bond donors (Lipinski definition) is 0. The molecule has 0 aromatic heterocycles. The molecule has 0 heterocycles. The van der Waals surface area contributed by atoms with E-state index in [2.05, 4.69) is 11.4 Å². The summed E-state index contributed by atoms with van der Waals surface area (Å²) in [5, 5.41) is 0. The predicted octanol–water partition coefficient (Wildman–Crippen LogP) is -2.21. The molecule has 0 atom stereocenters. The third-order valence-electron chi connectivity index (χ3n) is 0. The molecular formula is C2H6AsBr-. The molecule has 27 valence electrons. The van der Waals surface area contributed by atoms with Crippen molar-refractivity contribution in [2.75, 3.05) is 0 Å². The second-order valence-corrected chi connectivity index (χ2v) is 2.32. The van der Waals surface area contributed by atoms with Crippen LogP contribution in [0.25, 0.3) is 0 Å². The summed E-state index contributed by atoms with van der Waals surface area (Å²) < 4.78 is 0. The summed E-state index contributed by atoms with van der Waals surface area (Å²) in [6.45, 7) is 0. The summed E-state index contributed by atoms with van der Waals surface area (Å²) in [6.07, 6.45) is 0. The molecular weight excluding hydrogens is 179 g/mol. The van der Waals surface area contributed by atoms with Crippen LogP contribution < -0.4 is 17.0 Å². The first-order valence-corrected chi connectivity index (χ1v) is 4.65. The molecule has 1 radical (unpaired) electrons. The molecule has 0 aliphatic carbocycles. The van der Waals surface area contributed by atoms with Crippen molar-refractivity contribution in [3.8, 4) is 0 Å². The van der Waals surface area contributed by atoms with Gasteiger partial charge in [-0.1, -0.05) is 0 Å². The van der Waals surface area contributed by atoms with E-state index in [0.717, 1.165) is 0 Å². The second kappa shape index (κ2) is 8.97. The first-order chi connectivity index (χ1) is 1.41. The monoisotopic (exact) mass is 184 g/mol. The van der Waals surface area contributed by atoms with Crippen LogP contribution >= 0.6 is 0 Å². The van der Waals surface area contributed by atoms with Crippen molar-refractivity contribution in [3.63, 3.8) is 0 Å². The van der Waals surface area contributed by atoms with Crippen molar-refractivity contribution in [3.05, 3.63) is 0 Å². The molecule has 0 aromatic carbocycles. The Bertz CT molecular complexity index is 6.00. The largest absolute Gasteiger partial charge is 1.00 e. The van der Waals surface area contributed by atoms with Crippen LogP contribution in [0.15, 0.2) is 0 Å². The smallest absolute Gasteiger partial charge is 1.00 e. The van der Waals surface area contributed by atoms with Crippen molar-refractivity contribution < 1.29 is 17.0 Å². The fraction of sp³-hybridized carbons (Fsp3) is 1.00. The van der Waals surface area contributed by atoms with Crippen LogP contribution in [0.3, 0.4) is 0 Å². The van der Waals surface area contributed by atoms with E-state index in [4.69, 9.17) is 0 Å². The van der Waals surface area contributed by atoms with Crippen molar-refractivity contribution in [1.29, 1.82) is 0 Å². The third-order valence-corrected chi connectivity index (χ3v) is 0. The van der Waals surface area contributed by atoms with Gasteiger partial charge < -0.3 is 17.0 Å². The van der Waals surface area contributed by atoms with Crippen molar-refractivity contribution in [2.24, 2.45) is 0 Å². The first-order valence-electron chi connectivity index (χ1n) is 0.894. The summed E-state index contributed by atoms with van der Waals surface area (Å²) in [5.74, 6) is 0. The van der Waals surface area contributed by atoms with Crippen LogP contribution in [0.2, 0.25) is 11.4 Å². The molecule has 0 spiro atoms. The van der Waals surface area contributed by atoms with E-state index in [9.17, 15) is 0 Å². The average molecular weight is 185 g/mol. The average Bonchev–Trinajstić information content (AvgIpc) is 0.918. The molecule has 0 aliphatic heterocycles. The molecule has 0 aliphatic rings. The quantitative estimate of drug-likeness (QED) is 0.375. The van der Waals surface area contributed by atoms with Gasteiger partial charge in [-0.3, -0.25) is 0 Å². The zero-order valence-electron chi connectivity index (χ0n) is 2.83. The Labute approximate surface area is 44.4 Å². The topological polar surface area (TPSA) is 0 Å². The summed E-state index contributed by atoms with van der Waals surface area (Å²) >= 11 is 0.688. The Kier molecular flexibility index (Phi) is 20.0. The fourth-order valence-corrected chi connectivity index (χ4v) is 0. The van der Waals surface area contributed by atoms with Gasteiger partial charge in [0.25, 0.3) is 0 Å². The zero-order chi connectivity index (χ0) is 2.71. The van der Waals surface area contributed by atoms with Crippen molar-refractivity contribution >= 4 is 15.8 Å². The molecule has 0 rings (SSSR count). The summed E-state index contributed by atoms with van der Waals surface area (Å²) in [5.41, 5.74) is 4.44. The Balaban J connectivity index is 0. The molecule has 0 fully saturated rings. The van der Waals surface area contributed by atoms with Crippen LogP contribution in [-0.4, -0.2) is 15.8 Å². The van der Waals surface area contributed by atoms with Gasteiger partial charge in [-0.05, 0) is 0 Å². The van der Waals surface area contributed by atoms with Crippen LogP contribution in [0.1, 0.15) is 0 Å². The van der Waals surface area contributed by atoms with Gasteiger partial charge in [-0.2, -0.15) is 0 Å². The minimum absolute atomic E-state index is 0. The predicted molar refractivity (Wildman–Crippen MR) is 17.5 cm³/mol. The maximum Gasteiger partial charge on any atom is -1.00 e. The molecule has 0 saturated heterocycles. The Morgan fingerprint density at radius 1 is 1.25 bits per heavy atom. The Hall–Kier alpha value is 1.04.